The number of aldehydes is 1. The second-order valence-electron chi connectivity index (χ2n) is 9.11. The molecular formula is C30H28F6O10S2. The summed E-state index contributed by atoms with van der Waals surface area (Å²) in [5, 5.41) is -0.245. The molecule has 18 heteroatoms. The smallest absolute Gasteiger partial charge is 0.462 e. The van der Waals surface area contributed by atoms with Crippen LogP contribution in [0, 0.1) is 0 Å². The van der Waals surface area contributed by atoms with E-state index in [-0.39, 0.29) is 34.8 Å². The van der Waals surface area contributed by atoms with E-state index < -0.39 is 71.0 Å². The van der Waals surface area contributed by atoms with Crippen molar-refractivity contribution in [1.82, 2.24) is 0 Å². The first kappa shape index (κ1) is 39.8. The van der Waals surface area contributed by atoms with Crippen LogP contribution in [0.2, 0.25) is 0 Å². The lowest BCUT2D eigenvalue weighted by Gasteiger charge is -2.23. The Morgan fingerprint density at radius 1 is 0.854 bits per heavy atom. The molecule has 0 amide bonds. The number of carbonyl (C=O) groups excluding carboxylic acids is 2. The zero-order valence-electron chi connectivity index (χ0n) is 25.6. The van der Waals surface area contributed by atoms with Gasteiger partial charge in [0, 0.05) is 24.8 Å². The molecule has 3 aromatic carbocycles. The molecule has 0 unspecified atom stereocenters. The minimum atomic E-state index is -6.61. The second kappa shape index (κ2) is 15.7. The topological polar surface area (TPSA) is 139 Å². The quantitative estimate of drug-likeness (QED) is 0.0651. The Morgan fingerprint density at radius 3 is 1.85 bits per heavy atom. The SMILES string of the molecule is C=Cc1c(/C=C\C)cc(C(=O)OCC)c(OS(=O)(=O)C(F)(F)F)c1-c1c(OS(=O)(=O)C(F)(F)F)c(C=O)cc2ccccc12.CCOC. The lowest BCUT2D eigenvalue weighted by molar-refractivity contribution is -0.0505. The summed E-state index contributed by atoms with van der Waals surface area (Å²) in [5.74, 6) is -4.21. The first-order valence-electron chi connectivity index (χ1n) is 13.4. The van der Waals surface area contributed by atoms with Crippen LogP contribution in [0.1, 0.15) is 52.6 Å². The maximum Gasteiger partial charge on any atom is 0.534 e. The average molecular weight is 727 g/mol. The second-order valence-corrected chi connectivity index (χ2v) is 12.2. The van der Waals surface area contributed by atoms with E-state index in [4.69, 9.17) is 4.74 Å². The van der Waals surface area contributed by atoms with Gasteiger partial charge in [-0.2, -0.15) is 43.2 Å². The summed E-state index contributed by atoms with van der Waals surface area (Å²) >= 11 is 0. The molecule has 3 rings (SSSR count). The Labute approximate surface area is 271 Å². The van der Waals surface area contributed by atoms with Gasteiger partial charge in [0.05, 0.1) is 12.2 Å². The first-order valence-corrected chi connectivity index (χ1v) is 16.2. The Morgan fingerprint density at radius 2 is 1.40 bits per heavy atom. The number of hydrogen-bond donors (Lipinski definition) is 0. The molecule has 0 aliphatic carbocycles. The summed E-state index contributed by atoms with van der Waals surface area (Å²) in [6, 6.07) is 6.95. The van der Waals surface area contributed by atoms with Crippen molar-refractivity contribution in [2.75, 3.05) is 20.3 Å². The molecule has 0 atom stereocenters. The number of fused-ring (bicyclic) bond motifs is 1. The summed E-state index contributed by atoms with van der Waals surface area (Å²) in [5.41, 5.74) is -16.1. The first-order chi connectivity index (χ1) is 22.3. The minimum Gasteiger partial charge on any atom is -0.462 e. The van der Waals surface area contributed by atoms with Crippen molar-refractivity contribution in [3.05, 3.63) is 71.3 Å². The normalized spacial score (nSPS) is 12.3. The van der Waals surface area contributed by atoms with Gasteiger partial charge in [0.15, 0.2) is 17.8 Å². The fraction of sp³-hybridized carbons (Fsp3) is 0.267. The van der Waals surface area contributed by atoms with Crippen LogP contribution >= 0.6 is 0 Å². The van der Waals surface area contributed by atoms with E-state index in [2.05, 4.69) is 19.7 Å². The predicted molar refractivity (Wildman–Crippen MR) is 164 cm³/mol. The van der Waals surface area contributed by atoms with Crippen LogP contribution in [-0.4, -0.2) is 60.4 Å². The van der Waals surface area contributed by atoms with Crippen LogP contribution in [0.4, 0.5) is 26.3 Å². The molecule has 10 nitrogen and oxygen atoms in total. The summed E-state index contributed by atoms with van der Waals surface area (Å²) < 4.78 is 148. The predicted octanol–water partition coefficient (Wildman–Crippen LogP) is 7.28. The zero-order valence-corrected chi connectivity index (χ0v) is 27.2. The van der Waals surface area contributed by atoms with Crippen LogP contribution in [-0.2, 0) is 29.7 Å². The van der Waals surface area contributed by atoms with Crippen LogP contribution in [0.15, 0.2) is 49.1 Å². The van der Waals surface area contributed by atoms with Crippen molar-refractivity contribution in [2.45, 2.75) is 31.8 Å². The number of carbonyl (C=O) groups is 2. The number of benzene rings is 3. The van der Waals surface area contributed by atoms with E-state index in [1.807, 2.05) is 6.92 Å². The van der Waals surface area contributed by atoms with Gasteiger partial charge in [0.1, 0.15) is 5.56 Å². The molecule has 0 aliphatic rings. The molecule has 0 aromatic heterocycles. The molecule has 0 spiro atoms. The van der Waals surface area contributed by atoms with E-state index in [1.54, 1.807) is 7.11 Å². The summed E-state index contributed by atoms with van der Waals surface area (Å²) in [6.07, 6.45) is 3.47. The van der Waals surface area contributed by atoms with Crippen molar-refractivity contribution in [1.29, 1.82) is 0 Å². The molecule has 0 saturated carbocycles. The summed E-state index contributed by atoms with van der Waals surface area (Å²) in [4.78, 5) is 25.1. The highest BCUT2D eigenvalue weighted by atomic mass is 32.2. The van der Waals surface area contributed by atoms with Crippen molar-refractivity contribution < 1.29 is 70.6 Å². The van der Waals surface area contributed by atoms with Crippen molar-refractivity contribution in [3.63, 3.8) is 0 Å². The van der Waals surface area contributed by atoms with Crippen molar-refractivity contribution in [2.24, 2.45) is 0 Å². The van der Waals surface area contributed by atoms with E-state index in [0.717, 1.165) is 30.9 Å². The summed E-state index contributed by atoms with van der Waals surface area (Å²) in [6.45, 7) is 8.73. The van der Waals surface area contributed by atoms with Crippen LogP contribution in [0.25, 0.3) is 34.1 Å². The third-order valence-electron chi connectivity index (χ3n) is 6.05. The number of rotatable bonds is 11. The molecule has 0 fully saturated rings. The maximum atomic E-state index is 13.6. The molecule has 0 radical (unpaired) electrons. The molecule has 3 aromatic rings. The Balaban J connectivity index is 0.00000189. The third kappa shape index (κ3) is 8.53. The number of hydrogen-bond acceptors (Lipinski definition) is 10. The lowest BCUT2D eigenvalue weighted by atomic mass is 9.87. The molecule has 262 valence electrons. The van der Waals surface area contributed by atoms with Crippen LogP contribution < -0.4 is 8.37 Å². The molecule has 0 saturated heterocycles. The van der Waals surface area contributed by atoms with Gasteiger partial charge in [0.25, 0.3) is 0 Å². The fourth-order valence-corrected chi connectivity index (χ4v) is 5.00. The maximum absolute atomic E-state index is 13.6. The van der Waals surface area contributed by atoms with Crippen molar-refractivity contribution >= 4 is 55.4 Å². The lowest BCUT2D eigenvalue weighted by Crippen LogP contribution is -2.29. The Kier molecular flexibility index (Phi) is 13.0. The van der Waals surface area contributed by atoms with Crippen molar-refractivity contribution in [3.8, 4) is 22.6 Å². The highest BCUT2D eigenvalue weighted by Gasteiger charge is 2.51. The highest BCUT2D eigenvalue weighted by Crippen LogP contribution is 2.50. The van der Waals surface area contributed by atoms with Gasteiger partial charge in [-0.15, -0.1) is 0 Å². The van der Waals surface area contributed by atoms with E-state index in [0.29, 0.717) is 0 Å². The molecule has 0 heterocycles. The number of allylic oxidation sites excluding steroid dienone is 1. The van der Waals surface area contributed by atoms with Gasteiger partial charge in [-0.3, -0.25) is 4.79 Å². The molecule has 48 heavy (non-hydrogen) atoms. The fourth-order valence-electron chi connectivity index (χ4n) is 4.02. The molecule has 0 bridgehead atoms. The monoisotopic (exact) mass is 726 g/mol. The van der Waals surface area contributed by atoms with Gasteiger partial charge in [-0.05, 0) is 54.8 Å². The van der Waals surface area contributed by atoms with Gasteiger partial charge >= 0.3 is 37.2 Å². The standard InChI is InChI=1S/C27H20F6O9S2.C3H8O/c1-4-9-15-13-20(25(35)40-6-3)24(42-44(38,39)27(31,32)33)21(18(15)5-2)22-19-11-8-7-10-16(19)12-17(14-34)23(22)41-43(36,37)26(28,29)30;1-3-4-2/h4-5,7-14H,2,6H2,1,3H3;3H2,1-2H3/b9-4-;. The largest absolute Gasteiger partial charge is 0.534 e. The van der Waals surface area contributed by atoms with E-state index >= 15 is 0 Å². The van der Waals surface area contributed by atoms with E-state index in [1.165, 1.54) is 44.2 Å². The van der Waals surface area contributed by atoms with Crippen LogP contribution in [0.3, 0.4) is 0 Å². The molecule has 0 aliphatic heterocycles. The van der Waals surface area contributed by atoms with E-state index in [9.17, 15) is 52.8 Å². The van der Waals surface area contributed by atoms with Gasteiger partial charge in [-0.25, -0.2) is 4.79 Å². The number of methoxy groups -OCH3 is 1. The number of ether oxygens (including phenoxy) is 2. The molecule has 0 N–H and O–H groups in total. The molecular weight excluding hydrogens is 698 g/mol. The van der Waals surface area contributed by atoms with Gasteiger partial charge in [-0.1, -0.05) is 49.1 Å². The highest BCUT2D eigenvalue weighted by molar-refractivity contribution is 7.88. The van der Waals surface area contributed by atoms with Gasteiger partial charge < -0.3 is 17.8 Å². The Bertz CT molecular complexity index is 1930. The zero-order chi connectivity index (χ0) is 36.7. The summed E-state index contributed by atoms with van der Waals surface area (Å²) in [7, 11) is -11.5. The minimum absolute atomic E-state index is 0.00937. The third-order valence-corrected chi connectivity index (χ3v) is 7.95. The van der Waals surface area contributed by atoms with Gasteiger partial charge in [0.2, 0.25) is 0 Å². The van der Waals surface area contributed by atoms with Crippen LogP contribution in [0.5, 0.6) is 11.5 Å². The average Bonchev–Trinajstić information content (AvgIpc) is 3.00. The number of alkyl halides is 6. The Hall–Kier alpha value is -4.42. The number of esters is 1. The number of halogens is 6.